The average Bonchev–Trinajstić information content (AvgIpc) is 3.36. The highest BCUT2D eigenvalue weighted by Crippen LogP contribution is 2.44. The highest BCUT2D eigenvalue weighted by molar-refractivity contribution is 6.10. The number of amides is 2. The summed E-state index contributed by atoms with van der Waals surface area (Å²) in [5.41, 5.74) is 5.26. The first kappa shape index (κ1) is 19.0. The number of benzene rings is 1. The van der Waals surface area contributed by atoms with Gasteiger partial charge in [-0.15, -0.1) is 0 Å². The molecular weight excluding hydrogens is 378 g/mol. The number of aliphatic hydroxyl groups is 1. The fourth-order valence-electron chi connectivity index (χ4n) is 3.94. The number of oxazole rings is 1. The summed E-state index contributed by atoms with van der Waals surface area (Å²) in [6.45, 7) is 3.34. The van der Waals surface area contributed by atoms with Crippen LogP contribution in [0, 0.1) is 13.8 Å². The number of carbonyl (C=O) groups is 2. The second-order valence-electron chi connectivity index (χ2n) is 7.09. The third kappa shape index (κ3) is 2.94. The van der Waals surface area contributed by atoms with E-state index in [-0.39, 0.29) is 18.1 Å². The second kappa shape index (κ2) is 6.93. The summed E-state index contributed by atoms with van der Waals surface area (Å²) in [6, 6.07) is 3.30. The molecule has 29 heavy (non-hydrogen) atoms. The summed E-state index contributed by atoms with van der Waals surface area (Å²) in [4.78, 5) is 29.0. The number of fused-ring (bicyclic) bond motifs is 1. The Morgan fingerprint density at radius 3 is 2.76 bits per heavy atom. The molecule has 0 radical (unpaired) electrons. The number of hydrogen-bond acceptors (Lipinski definition) is 7. The number of aromatic nitrogens is 1. The Morgan fingerprint density at radius 2 is 2.17 bits per heavy atom. The van der Waals surface area contributed by atoms with Crippen LogP contribution < -0.4 is 15.8 Å². The van der Waals surface area contributed by atoms with E-state index in [4.69, 9.17) is 19.3 Å². The van der Waals surface area contributed by atoms with Crippen LogP contribution in [0.5, 0.6) is 5.75 Å². The first-order valence-corrected chi connectivity index (χ1v) is 9.17. The Bertz CT molecular complexity index is 1120. The molecule has 1 aliphatic rings. The van der Waals surface area contributed by atoms with E-state index in [0.717, 1.165) is 0 Å². The van der Waals surface area contributed by atoms with Crippen molar-refractivity contribution in [2.24, 2.45) is 5.73 Å². The van der Waals surface area contributed by atoms with E-state index in [1.807, 2.05) is 0 Å². The molecule has 9 nitrogen and oxygen atoms in total. The van der Waals surface area contributed by atoms with Crippen LogP contribution in [0.15, 0.2) is 27.2 Å². The Labute approximate surface area is 165 Å². The van der Waals surface area contributed by atoms with E-state index in [1.165, 1.54) is 0 Å². The van der Waals surface area contributed by atoms with Gasteiger partial charge in [-0.25, -0.2) is 4.98 Å². The molecule has 4 N–H and O–H groups in total. The minimum Gasteiger partial charge on any atom is -0.485 e. The van der Waals surface area contributed by atoms with Crippen molar-refractivity contribution in [3.63, 3.8) is 0 Å². The van der Waals surface area contributed by atoms with E-state index < -0.39 is 17.9 Å². The fourth-order valence-corrected chi connectivity index (χ4v) is 3.94. The van der Waals surface area contributed by atoms with Crippen molar-refractivity contribution < 1.29 is 28.3 Å². The van der Waals surface area contributed by atoms with E-state index in [0.29, 0.717) is 52.7 Å². The highest BCUT2D eigenvalue weighted by atomic mass is 16.5. The van der Waals surface area contributed by atoms with Crippen LogP contribution in [-0.2, 0) is 16.8 Å². The van der Waals surface area contributed by atoms with E-state index in [1.54, 1.807) is 32.2 Å². The first-order valence-electron chi connectivity index (χ1n) is 9.17. The molecular formula is C20H21N3O6. The van der Waals surface area contributed by atoms with Gasteiger partial charge in [-0.2, -0.15) is 0 Å². The van der Waals surface area contributed by atoms with Gasteiger partial charge in [-0.3, -0.25) is 9.59 Å². The van der Waals surface area contributed by atoms with Crippen LogP contribution in [0.25, 0.3) is 11.0 Å². The molecule has 1 fully saturated rings. The molecule has 3 aromatic rings. The van der Waals surface area contributed by atoms with Gasteiger partial charge in [0.25, 0.3) is 5.91 Å². The second-order valence-corrected chi connectivity index (χ2v) is 7.09. The van der Waals surface area contributed by atoms with Gasteiger partial charge in [0, 0.05) is 24.4 Å². The van der Waals surface area contributed by atoms with Crippen LogP contribution in [0.1, 0.15) is 39.8 Å². The van der Waals surface area contributed by atoms with Gasteiger partial charge < -0.3 is 29.7 Å². The number of furan rings is 1. The summed E-state index contributed by atoms with van der Waals surface area (Å²) < 4.78 is 17.1. The summed E-state index contributed by atoms with van der Waals surface area (Å²) in [5, 5.41) is 13.4. The largest absolute Gasteiger partial charge is 0.485 e. The van der Waals surface area contributed by atoms with E-state index in [9.17, 15) is 14.7 Å². The standard InChI is InChI=1S/C20H21N3O6/c1-10-15(18(21)25)16-13(28-10)3-4-14(27-8-12-7-23-11(2)29-12)17(16)20(9-24)5-6-22-19(20)26/h3-4,7,24H,5-6,8-9H2,1-2H3,(H2,21,25)(H,22,26). The minimum absolute atomic E-state index is 0.0607. The van der Waals surface area contributed by atoms with Gasteiger partial charge in [0.1, 0.15) is 29.1 Å². The Morgan fingerprint density at radius 1 is 1.38 bits per heavy atom. The number of hydrogen-bond donors (Lipinski definition) is 3. The molecule has 9 heteroatoms. The Hall–Kier alpha value is -3.33. The molecule has 1 unspecified atom stereocenters. The molecule has 4 rings (SSSR count). The van der Waals surface area contributed by atoms with Crippen molar-refractivity contribution in [1.82, 2.24) is 10.3 Å². The topological polar surface area (TPSA) is 141 Å². The number of nitrogens with two attached hydrogens (primary N) is 1. The minimum atomic E-state index is -1.29. The highest BCUT2D eigenvalue weighted by Gasteiger charge is 2.47. The van der Waals surface area contributed by atoms with Gasteiger partial charge in [0.15, 0.2) is 11.7 Å². The SMILES string of the molecule is Cc1ncc(COc2ccc3oc(C)c(C(N)=O)c3c2C2(CO)CCNC2=O)o1. The van der Waals surface area contributed by atoms with Crippen LogP contribution >= 0.6 is 0 Å². The predicted molar refractivity (Wildman–Crippen MR) is 101 cm³/mol. The first-order chi connectivity index (χ1) is 13.9. The quantitative estimate of drug-likeness (QED) is 0.570. The molecule has 1 saturated heterocycles. The third-order valence-electron chi connectivity index (χ3n) is 5.30. The molecule has 1 aromatic carbocycles. The van der Waals surface area contributed by atoms with E-state index in [2.05, 4.69) is 10.3 Å². The van der Waals surface area contributed by atoms with E-state index >= 15 is 0 Å². The molecule has 0 bridgehead atoms. The van der Waals surface area contributed by atoms with Crippen LogP contribution in [0.3, 0.4) is 0 Å². The molecule has 1 atom stereocenters. The molecule has 0 saturated carbocycles. The number of carbonyl (C=O) groups excluding carboxylic acids is 2. The molecule has 2 aromatic heterocycles. The van der Waals surface area contributed by atoms with Crippen molar-refractivity contribution in [2.75, 3.05) is 13.2 Å². The van der Waals surface area contributed by atoms with Crippen LogP contribution in [0.2, 0.25) is 0 Å². The lowest BCUT2D eigenvalue weighted by atomic mass is 9.76. The van der Waals surface area contributed by atoms with Crippen LogP contribution in [0.4, 0.5) is 0 Å². The number of aliphatic hydroxyl groups excluding tert-OH is 1. The molecule has 1 aliphatic heterocycles. The predicted octanol–water partition coefficient (Wildman–Crippen LogP) is 1.47. The maximum absolute atomic E-state index is 12.8. The number of nitrogens with zero attached hydrogens (tertiary/aromatic N) is 1. The maximum atomic E-state index is 12.8. The van der Waals surface area contributed by atoms with Gasteiger partial charge >= 0.3 is 0 Å². The number of primary amides is 1. The lowest BCUT2D eigenvalue weighted by Gasteiger charge is -2.27. The lowest BCUT2D eigenvalue weighted by molar-refractivity contribution is -0.125. The molecule has 3 heterocycles. The maximum Gasteiger partial charge on any atom is 0.252 e. The molecule has 152 valence electrons. The zero-order valence-electron chi connectivity index (χ0n) is 16.1. The van der Waals surface area contributed by atoms with Crippen molar-refractivity contribution in [2.45, 2.75) is 32.3 Å². The number of rotatable bonds is 6. The number of ether oxygens (including phenoxy) is 1. The molecule has 0 aliphatic carbocycles. The van der Waals surface area contributed by atoms with Gasteiger partial charge in [0.05, 0.1) is 18.4 Å². The van der Waals surface area contributed by atoms with Crippen molar-refractivity contribution in [1.29, 1.82) is 0 Å². The lowest BCUT2D eigenvalue weighted by Crippen LogP contribution is -2.39. The van der Waals surface area contributed by atoms with Gasteiger partial charge in [-0.1, -0.05) is 0 Å². The monoisotopic (exact) mass is 399 g/mol. The summed E-state index contributed by atoms with van der Waals surface area (Å²) in [7, 11) is 0. The van der Waals surface area contributed by atoms with Crippen molar-refractivity contribution >= 4 is 22.8 Å². The zero-order chi connectivity index (χ0) is 20.8. The van der Waals surface area contributed by atoms with Gasteiger partial charge in [0.2, 0.25) is 5.91 Å². The summed E-state index contributed by atoms with van der Waals surface area (Å²) in [5.74, 6) is 0.645. The molecule has 2 amide bonds. The average molecular weight is 399 g/mol. The fraction of sp³-hybridized carbons (Fsp3) is 0.350. The summed E-state index contributed by atoms with van der Waals surface area (Å²) >= 11 is 0. The smallest absolute Gasteiger partial charge is 0.252 e. The van der Waals surface area contributed by atoms with Gasteiger partial charge in [-0.05, 0) is 25.5 Å². The number of aryl methyl sites for hydroxylation is 2. The van der Waals surface area contributed by atoms with Crippen molar-refractivity contribution in [3.8, 4) is 5.75 Å². The van der Waals surface area contributed by atoms with Crippen LogP contribution in [-0.4, -0.2) is 35.1 Å². The molecule has 0 spiro atoms. The third-order valence-corrected chi connectivity index (χ3v) is 5.30. The van der Waals surface area contributed by atoms with Crippen molar-refractivity contribution in [3.05, 3.63) is 46.9 Å². The Kier molecular flexibility index (Phi) is 4.54. The zero-order valence-corrected chi connectivity index (χ0v) is 16.1. The summed E-state index contributed by atoms with van der Waals surface area (Å²) in [6.07, 6.45) is 1.89. The normalized spacial score (nSPS) is 18.9. The number of nitrogens with one attached hydrogen (secondary N) is 1. The Balaban J connectivity index is 1.94.